The number of terminal acetylenes is 1. The van der Waals surface area contributed by atoms with Crippen molar-refractivity contribution in [2.45, 2.75) is 32.9 Å². The Balaban J connectivity index is 3.63. The first-order chi connectivity index (χ1) is 8.72. The Morgan fingerprint density at radius 3 is 2.16 bits per heavy atom. The van der Waals surface area contributed by atoms with Crippen LogP contribution in [0, 0.1) is 33.1 Å². The van der Waals surface area contributed by atoms with Gasteiger partial charge in [-0.25, -0.2) is 0 Å². The zero-order valence-corrected chi connectivity index (χ0v) is 12.7. The molecular weight excluding hydrogens is 287 g/mol. The highest BCUT2D eigenvalue weighted by Crippen LogP contribution is 2.35. The van der Waals surface area contributed by atoms with Gasteiger partial charge in [-0.3, -0.25) is 0 Å². The molecule has 0 heterocycles. The molecule has 1 rings (SSSR count). The fourth-order valence-corrected chi connectivity index (χ4v) is 3.05. The van der Waals surface area contributed by atoms with Gasteiger partial charge in [0, 0.05) is 12.2 Å². The Morgan fingerprint density at radius 2 is 1.74 bits per heavy atom. The molecule has 0 bridgehead atoms. The van der Waals surface area contributed by atoms with Crippen LogP contribution in [0.2, 0.25) is 0 Å². The van der Waals surface area contributed by atoms with Crippen LogP contribution >= 0.6 is 12.6 Å². The second-order valence-electron chi connectivity index (χ2n) is 4.18. The van der Waals surface area contributed by atoms with Crippen LogP contribution in [0.25, 0.3) is 0 Å². The van der Waals surface area contributed by atoms with Gasteiger partial charge in [-0.15, -0.1) is 12.3 Å². The highest BCUT2D eigenvalue weighted by atomic mass is 32.3. The molecule has 0 saturated heterocycles. The standard InChI is InChI=1S/C13H15FO3S2/c1-5-6-11-8(2)12(7-18)10(4)13(9(11)3)17-19(14,15)16/h1,18H,6-7H2,2-4H3. The number of halogens is 1. The zero-order chi connectivity index (χ0) is 14.8. The molecule has 0 radical (unpaired) electrons. The summed E-state index contributed by atoms with van der Waals surface area (Å²) in [6.45, 7) is 5.22. The summed E-state index contributed by atoms with van der Waals surface area (Å²) in [4.78, 5) is 0. The van der Waals surface area contributed by atoms with Crippen LogP contribution in [0.15, 0.2) is 0 Å². The summed E-state index contributed by atoms with van der Waals surface area (Å²) in [5.74, 6) is 2.89. The van der Waals surface area contributed by atoms with E-state index < -0.39 is 10.5 Å². The zero-order valence-electron chi connectivity index (χ0n) is 10.9. The van der Waals surface area contributed by atoms with E-state index in [1.165, 1.54) is 0 Å². The highest BCUT2D eigenvalue weighted by molar-refractivity contribution is 7.81. The van der Waals surface area contributed by atoms with Gasteiger partial charge in [-0.1, -0.05) is 3.89 Å². The third kappa shape index (κ3) is 3.43. The van der Waals surface area contributed by atoms with Crippen molar-refractivity contribution < 1.29 is 16.5 Å². The van der Waals surface area contributed by atoms with Gasteiger partial charge in [0.25, 0.3) is 0 Å². The lowest BCUT2D eigenvalue weighted by atomic mass is 9.91. The first kappa shape index (κ1) is 15.9. The van der Waals surface area contributed by atoms with E-state index in [2.05, 4.69) is 22.7 Å². The molecule has 6 heteroatoms. The number of rotatable bonds is 4. The van der Waals surface area contributed by atoms with Gasteiger partial charge in [-0.05, 0) is 48.6 Å². The van der Waals surface area contributed by atoms with E-state index in [0.717, 1.165) is 16.7 Å². The topological polar surface area (TPSA) is 43.4 Å². The first-order valence-electron chi connectivity index (χ1n) is 5.52. The van der Waals surface area contributed by atoms with Crippen LogP contribution in [0.5, 0.6) is 5.75 Å². The Morgan fingerprint density at radius 1 is 1.21 bits per heavy atom. The first-order valence-corrected chi connectivity index (χ1v) is 7.47. The third-order valence-corrected chi connectivity index (χ3v) is 3.79. The van der Waals surface area contributed by atoms with Gasteiger partial charge in [0.1, 0.15) is 0 Å². The normalized spacial score (nSPS) is 11.2. The maximum absolute atomic E-state index is 12.8. The predicted octanol–water partition coefficient (Wildman–Crippen LogP) is 2.81. The molecule has 0 unspecified atom stereocenters. The molecule has 0 spiro atoms. The Labute approximate surface area is 119 Å². The minimum Gasteiger partial charge on any atom is -0.358 e. The molecule has 0 aromatic heterocycles. The van der Waals surface area contributed by atoms with Crippen molar-refractivity contribution in [3.05, 3.63) is 27.8 Å². The van der Waals surface area contributed by atoms with Crippen molar-refractivity contribution >= 4 is 23.1 Å². The Hall–Kier alpha value is -1.19. The molecule has 1 aromatic rings. The number of benzene rings is 1. The van der Waals surface area contributed by atoms with Gasteiger partial charge in [-0.2, -0.15) is 21.0 Å². The average molecular weight is 302 g/mol. The molecule has 0 amide bonds. The maximum Gasteiger partial charge on any atom is 0.488 e. The molecule has 0 aliphatic rings. The summed E-state index contributed by atoms with van der Waals surface area (Å²) in [6, 6.07) is 0. The van der Waals surface area contributed by atoms with Gasteiger partial charge in [0.05, 0.1) is 0 Å². The van der Waals surface area contributed by atoms with Crippen molar-refractivity contribution in [1.82, 2.24) is 0 Å². The smallest absolute Gasteiger partial charge is 0.358 e. The van der Waals surface area contributed by atoms with Gasteiger partial charge >= 0.3 is 10.5 Å². The monoisotopic (exact) mass is 302 g/mol. The summed E-state index contributed by atoms with van der Waals surface area (Å²) in [5, 5.41) is 0. The fraction of sp³-hybridized carbons (Fsp3) is 0.385. The van der Waals surface area contributed by atoms with Crippen molar-refractivity contribution in [1.29, 1.82) is 0 Å². The quantitative estimate of drug-likeness (QED) is 0.528. The highest BCUT2D eigenvalue weighted by Gasteiger charge is 2.21. The van der Waals surface area contributed by atoms with Crippen LogP contribution < -0.4 is 4.18 Å². The third-order valence-electron chi connectivity index (χ3n) is 3.11. The lowest BCUT2D eigenvalue weighted by Crippen LogP contribution is -2.09. The molecule has 3 nitrogen and oxygen atoms in total. The van der Waals surface area contributed by atoms with E-state index in [9.17, 15) is 12.3 Å². The molecule has 104 valence electrons. The lowest BCUT2D eigenvalue weighted by molar-refractivity contribution is 0.436. The largest absolute Gasteiger partial charge is 0.488 e. The molecule has 19 heavy (non-hydrogen) atoms. The predicted molar refractivity (Wildman–Crippen MR) is 76.5 cm³/mol. The fourth-order valence-electron chi connectivity index (χ4n) is 2.13. The Kier molecular flexibility index (Phi) is 4.88. The van der Waals surface area contributed by atoms with Gasteiger partial charge in [0.2, 0.25) is 0 Å². The summed E-state index contributed by atoms with van der Waals surface area (Å²) in [7, 11) is -5.07. The molecule has 0 atom stereocenters. The summed E-state index contributed by atoms with van der Waals surface area (Å²) in [5.41, 5.74) is 3.62. The lowest BCUT2D eigenvalue weighted by Gasteiger charge is -2.19. The van der Waals surface area contributed by atoms with Gasteiger partial charge in [0.15, 0.2) is 5.75 Å². The SMILES string of the molecule is C#CCc1c(C)c(CS)c(C)c(OS(=O)(=O)F)c1C. The second-order valence-corrected chi connectivity index (χ2v) is 5.45. The Bertz CT molecular complexity index is 643. The minimum atomic E-state index is -5.07. The van der Waals surface area contributed by atoms with Gasteiger partial charge < -0.3 is 4.18 Å². The summed E-state index contributed by atoms with van der Waals surface area (Å²) < 4.78 is 38.7. The van der Waals surface area contributed by atoms with E-state index in [0.29, 0.717) is 23.3 Å². The summed E-state index contributed by atoms with van der Waals surface area (Å²) in [6.07, 6.45) is 5.62. The van der Waals surface area contributed by atoms with Crippen LogP contribution in [-0.4, -0.2) is 8.42 Å². The maximum atomic E-state index is 12.8. The van der Waals surface area contributed by atoms with Crippen molar-refractivity contribution in [2.75, 3.05) is 0 Å². The van der Waals surface area contributed by atoms with E-state index in [1.807, 2.05) is 6.92 Å². The van der Waals surface area contributed by atoms with Crippen LogP contribution in [0.4, 0.5) is 3.89 Å². The molecule has 0 saturated carbocycles. The molecular formula is C13H15FO3S2. The molecule has 1 aromatic carbocycles. The van der Waals surface area contributed by atoms with Crippen LogP contribution in [0.3, 0.4) is 0 Å². The van der Waals surface area contributed by atoms with Crippen LogP contribution in [0.1, 0.15) is 27.8 Å². The number of thiol groups is 1. The number of hydrogen-bond donors (Lipinski definition) is 1. The van der Waals surface area contributed by atoms with E-state index in [1.54, 1.807) is 13.8 Å². The second kappa shape index (κ2) is 5.85. The average Bonchev–Trinajstić information content (AvgIpc) is 2.30. The van der Waals surface area contributed by atoms with E-state index in [-0.39, 0.29) is 5.75 Å². The van der Waals surface area contributed by atoms with Crippen molar-refractivity contribution in [3.8, 4) is 18.1 Å². The van der Waals surface area contributed by atoms with E-state index >= 15 is 0 Å². The number of hydrogen-bond acceptors (Lipinski definition) is 4. The van der Waals surface area contributed by atoms with Crippen molar-refractivity contribution in [3.63, 3.8) is 0 Å². The summed E-state index contributed by atoms with van der Waals surface area (Å²) >= 11 is 4.21. The van der Waals surface area contributed by atoms with Crippen LogP contribution in [-0.2, 0) is 22.7 Å². The minimum absolute atomic E-state index is 0.00222. The molecule has 0 aliphatic heterocycles. The van der Waals surface area contributed by atoms with E-state index in [4.69, 9.17) is 6.42 Å². The van der Waals surface area contributed by atoms with Crippen molar-refractivity contribution in [2.24, 2.45) is 0 Å². The molecule has 0 fully saturated rings. The molecule has 0 aliphatic carbocycles. The molecule has 0 N–H and O–H groups in total.